The molecule has 0 radical (unpaired) electrons. The van der Waals surface area contributed by atoms with Crippen molar-refractivity contribution < 1.29 is 19.0 Å². The third-order valence-corrected chi connectivity index (χ3v) is 6.26. The molecule has 1 fully saturated rings. The van der Waals surface area contributed by atoms with Gasteiger partial charge in [0.25, 0.3) is 5.91 Å². The summed E-state index contributed by atoms with van der Waals surface area (Å²) >= 11 is 9.79. The van der Waals surface area contributed by atoms with Crippen molar-refractivity contribution in [2.45, 2.75) is 26.2 Å². The number of nitrogens with one attached hydrogen (secondary N) is 1. The molecule has 2 aromatic rings. The highest BCUT2D eigenvalue weighted by Crippen LogP contribution is 2.38. The van der Waals surface area contributed by atoms with Crippen molar-refractivity contribution in [3.63, 3.8) is 0 Å². The number of hydrogen-bond donors (Lipinski definition) is 1. The van der Waals surface area contributed by atoms with Crippen LogP contribution < -0.4 is 19.5 Å². The number of hydrogen-bond acceptors (Lipinski definition) is 6. The van der Waals surface area contributed by atoms with Crippen molar-refractivity contribution in [1.29, 1.82) is 0 Å². The minimum Gasteiger partial charge on any atom is -0.493 e. The molecule has 0 atom stereocenters. The molecule has 1 saturated heterocycles. The van der Waals surface area contributed by atoms with E-state index in [1.807, 2.05) is 24.3 Å². The van der Waals surface area contributed by atoms with Gasteiger partial charge in [0, 0.05) is 0 Å². The van der Waals surface area contributed by atoms with Gasteiger partial charge in [-0.25, -0.2) is 0 Å². The quantitative estimate of drug-likeness (QED) is 0.286. The topological polar surface area (TPSA) is 56.8 Å². The summed E-state index contributed by atoms with van der Waals surface area (Å²) in [5.74, 6) is 1.74. The van der Waals surface area contributed by atoms with Crippen LogP contribution in [-0.4, -0.2) is 30.6 Å². The van der Waals surface area contributed by atoms with Crippen LogP contribution in [0.5, 0.6) is 17.2 Å². The van der Waals surface area contributed by atoms with Gasteiger partial charge in [0.15, 0.2) is 11.5 Å². The summed E-state index contributed by atoms with van der Waals surface area (Å²) < 4.78 is 18.3. The summed E-state index contributed by atoms with van der Waals surface area (Å²) in [6.45, 7) is 7.28. The SMILES string of the molecule is COc1cc(/C=C2\SC(=S)NC2=O)cc(Br)c1OCCOc1ccc(C(C)(C)C)cc1. The Balaban J connectivity index is 1.62. The molecule has 1 aliphatic rings. The molecular formula is C23H24BrNO4S2. The van der Waals surface area contributed by atoms with E-state index in [1.165, 1.54) is 17.3 Å². The molecule has 1 aliphatic heterocycles. The van der Waals surface area contributed by atoms with Crippen LogP contribution in [0.1, 0.15) is 31.9 Å². The molecule has 5 nitrogen and oxygen atoms in total. The monoisotopic (exact) mass is 521 g/mol. The maximum atomic E-state index is 11.9. The minimum atomic E-state index is -0.196. The van der Waals surface area contributed by atoms with Gasteiger partial charge in [-0.3, -0.25) is 4.79 Å². The van der Waals surface area contributed by atoms with E-state index in [9.17, 15) is 4.79 Å². The third kappa shape index (κ3) is 6.24. The lowest BCUT2D eigenvalue weighted by atomic mass is 9.87. The molecular weight excluding hydrogens is 498 g/mol. The Hall–Kier alpha value is -2.03. The lowest BCUT2D eigenvalue weighted by Gasteiger charge is -2.19. The lowest BCUT2D eigenvalue weighted by Crippen LogP contribution is -2.17. The average molecular weight is 522 g/mol. The van der Waals surface area contributed by atoms with Crippen LogP contribution in [0.3, 0.4) is 0 Å². The van der Waals surface area contributed by atoms with Crippen LogP contribution in [-0.2, 0) is 10.2 Å². The van der Waals surface area contributed by atoms with Gasteiger partial charge in [-0.05, 0) is 62.8 Å². The van der Waals surface area contributed by atoms with Gasteiger partial charge in [0.2, 0.25) is 0 Å². The highest BCUT2D eigenvalue weighted by atomic mass is 79.9. The Bertz CT molecular complexity index is 1010. The molecule has 0 aliphatic carbocycles. The summed E-state index contributed by atoms with van der Waals surface area (Å²) in [5.41, 5.74) is 2.17. The summed E-state index contributed by atoms with van der Waals surface area (Å²) in [4.78, 5) is 12.4. The molecule has 3 rings (SSSR count). The van der Waals surface area contributed by atoms with Gasteiger partial charge in [-0.15, -0.1) is 0 Å². The number of benzene rings is 2. The van der Waals surface area contributed by atoms with E-state index < -0.39 is 0 Å². The Morgan fingerprint density at radius 3 is 2.39 bits per heavy atom. The lowest BCUT2D eigenvalue weighted by molar-refractivity contribution is -0.115. The second-order valence-corrected chi connectivity index (χ2v) is 10.4. The molecule has 0 saturated carbocycles. The predicted octanol–water partition coefficient (Wildman–Crippen LogP) is 5.70. The van der Waals surface area contributed by atoms with Crippen molar-refractivity contribution in [1.82, 2.24) is 5.32 Å². The molecule has 1 N–H and O–H groups in total. The molecule has 0 unspecified atom stereocenters. The van der Waals surface area contributed by atoms with Crippen molar-refractivity contribution >= 4 is 56.2 Å². The number of rotatable bonds is 7. The summed E-state index contributed by atoms with van der Waals surface area (Å²) in [7, 11) is 1.57. The first-order valence-electron chi connectivity index (χ1n) is 9.66. The van der Waals surface area contributed by atoms with Gasteiger partial charge in [0.05, 0.1) is 16.5 Å². The summed E-state index contributed by atoms with van der Waals surface area (Å²) in [5, 5.41) is 2.61. The van der Waals surface area contributed by atoms with Gasteiger partial charge >= 0.3 is 0 Å². The van der Waals surface area contributed by atoms with E-state index in [2.05, 4.69) is 54.2 Å². The molecule has 0 spiro atoms. The largest absolute Gasteiger partial charge is 0.493 e. The van der Waals surface area contributed by atoms with E-state index in [-0.39, 0.29) is 11.3 Å². The fraction of sp³-hybridized carbons (Fsp3) is 0.304. The second-order valence-electron chi connectivity index (χ2n) is 7.86. The first-order chi connectivity index (χ1) is 14.7. The van der Waals surface area contributed by atoms with Gasteiger partial charge in [-0.1, -0.05) is 56.9 Å². The van der Waals surface area contributed by atoms with Crippen LogP contribution in [0.4, 0.5) is 0 Å². The normalized spacial score (nSPS) is 15.2. The number of methoxy groups -OCH3 is 1. The zero-order valence-corrected chi connectivity index (χ0v) is 21.0. The van der Waals surface area contributed by atoms with Crippen molar-refractivity contribution in [3.8, 4) is 17.2 Å². The van der Waals surface area contributed by atoms with E-state index in [4.69, 9.17) is 26.4 Å². The van der Waals surface area contributed by atoms with E-state index in [1.54, 1.807) is 13.2 Å². The van der Waals surface area contributed by atoms with Crippen LogP contribution in [0.2, 0.25) is 0 Å². The number of carbonyl (C=O) groups is 1. The smallest absolute Gasteiger partial charge is 0.263 e. The summed E-state index contributed by atoms with van der Waals surface area (Å²) in [6.07, 6.45) is 1.76. The van der Waals surface area contributed by atoms with Gasteiger partial charge in [0.1, 0.15) is 23.3 Å². The number of carbonyl (C=O) groups excluding carboxylic acids is 1. The van der Waals surface area contributed by atoms with Crippen molar-refractivity contribution in [2.24, 2.45) is 0 Å². The Kier molecular flexibility index (Phi) is 7.67. The minimum absolute atomic E-state index is 0.110. The van der Waals surface area contributed by atoms with Crippen molar-refractivity contribution in [2.75, 3.05) is 20.3 Å². The molecule has 2 aromatic carbocycles. The van der Waals surface area contributed by atoms with Crippen molar-refractivity contribution in [3.05, 3.63) is 56.9 Å². The van der Waals surface area contributed by atoms with E-state index in [0.717, 1.165) is 15.8 Å². The Morgan fingerprint density at radius 2 is 1.81 bits per heavy atom. The molecule has 1 amide bonds. The van der Waals surface area contributed by atoms with Crippen LogP contribution >= 0.6 is 39.9 Å². The molecule has 1 heterocycles. The highest BCUT2D eigenvalue weighted by molar-refractivity contribution is 9.10. The fourth-order valence-corrected chi connectivity index (χ4v) is 4.51. The molecule has 31 heavy (non-hydrogen) atoms. The summed E-state index contributed by atoms with van der Waals surface area (Å²) in [6, 6.07) is 11.8. The number of amides is 1. The highest BCUT2D eigenvalue weighted by Gasteiger charge is 2.22. The number of thiocarbonyl (C=S) groups is 1. The second kappa shape index (κ2) is 10.1. The first-order valence-corrected chi connectivity index (χ1v) is 11.7. The molecule has 0 bridgehead atoms. The maximum Gasteiger partial charge on any atom is 0.263 e. The fourth-order valence-electron chi connectivity index (χ4n) is 2.89. The van der Waals surface area contributed by atoms with Crippen LogP contribution in [0.15, 0.2) is 45.8 Å². The van der Waals surface area contributed by atoms with Crippen LogP contribution in [0, 0.1) is 0 Å². The third-order valence-electron chi connectivity index (χ3n) is 4.51. The number of halogens is 1. The van der Waals surface area contributed by atoms with Gasteiger partial charge < -0.3 is 19.5 Å². The standard InChI is InChI=1S/C23H24BrNO4S2/c1-23(2,3)15-5-7-16(8-6-15)28-9-10-29-20-17(24)11-14(12-18(20)27-4)13-19-21(26)25-22(30)31-19/h5-8,11-13H,9-10H2,1-4H3,(H,25,26,30)/b19-13-. The van der Waals surface area contributed by atoms with Crippen LogP contribution in [0.25, 0.3) is 6.08 Å². The zero-order chi connectivity index (χ0) is 22.6. The van der Waals surface area contributed by atoms with Gasteiger partial charge in [-0.2, -0.15) is 0 Å². The van der Waals surface area contributed by atoms with E-state index in [0.29, 0.717) is 33.9 Å². The van der Waals surface area contributed by atoms with E-state index >= 15 is 0 Å². The average Bonchev–Trinajstić information content (AvgIpc) is 3.02. The molecule has 164 valence electrons. The molecule has 0 aromatic heterocycles. The number of thioether (sulfide) groups is 1. The zero-order valence-electron chi connectivity index (χ0n) is 17.8. The molecule has 8 heteroatoms. The first kappa shape index (κ1) is 23.6. The predicted molar refractivity (Wildman–Crippen MR) is 133 cm³/mol. The Morgan fingerprint density at radius 1 is 1.13 bits per heavy atom. The Labute approximate surface area is 200 Å². The maximum absolute atomic E-state index is 11.9. The number of ether oxygens (including phenoxy) is 3.